The van der Waals surface area contributed by atoms with E-state index in [9.17, 15) is 0 Å². The second-order valence-corrected chi connectivity index (χ2v) is 10.9. The first kappa shape index (κ1) is 24.2. The number of aromatic amines is 2. The molecule has 6 aromatic carbocycles. The Balaban J connectivity index is 0.972. The van der Waals surface area contributed by atoms with Crippen LogP contribution < -0.4 is 0 Å². The van der Waals surface area contributed by atoms with Gasteiger partial charge in [0.2, 0.25) is 0 Å². The van der Waals surface area contributed by atoms with Crippen molar-refractivity contribution < 1.29 is 0 Å². The molecule has 0 saturated heterocycles. The van der Waals surface area contributed by atoms with Gasteiger partial charge < -0.3 is 9.97 Å². The van der Waals surface area contributed by atoms with Crippen molar-refractivity contribution in [2.75, 3.05) is 0 Å². The van der Waals surface area contributed by atoms with Gasteiger partial charge in [-0.3, -0.25) is 0 Å². The van der Waals surface area contributed by atoms with Crippen LogP contribution in [0.3, 0.4) is 0 Å². The van der Waals surface area contributed by atoms with Crippen molar-refractivity contribution in [3.63, 3.8) is 0 Å². The maximum absolute atomic E-state index is 3.50. The monoisotopic (exact) mass is 536 g/mol. The van der Waals surface area contributed by atoms with Gasteiger partial charge in [0.1, 0.15) is 0 Å². The third kappa shape index (κ3) is 4.49. The number of aromatic nitrogens is 2. The van der Waals surface area contributed by atoms with Crippen LogP contribution in [-0.2, 0) is 0 Å². The van der Waals surface area contributed by atoms with Gasteiger partial charge in [-0.15, -0.1) is 0 Å². The van der Waals surface area contributed by atoms with Crippen LogP contribution >= 0.6 is 0 Å². The van der Waals surface area contributed by atoms with Crippen molar-refractivity contribution in [3.8, 4) is 11.1 Å². The predicted octanol–water partition coefficient (Wildman–Crippen LogP) is 11.0. The highest BCUT2D eigenvalue weighted by molar-refractivity contribution is 6.08. The van der Waals surface area contributed by atoms with Crippen LogP contribution in [0.15, 0.2) is 133 Å². The summed E-state index contributed by atoms with van der Waals surface area (Å²) in [6.07, 6.45) is 8.74. The van der Waals surface area contributed by atoms with E-state index in [1.165, 1.54) is 77.0 Å². The zero-order valence-corrected chi connectivity index (χ0v) is 23.0. The summed E-state index contributed by atoms with van der Waals surface area (Å²) >= 11 is 0. The SMILES string of the molecule is C(=Cc1ccc2[nH]c3ccccc3c2c1)c1ccc(-c2ccc(C=Cc3ccc4[nH]c5ccccc5c4c3)cc2)cc1. The van der Waals surface area contributed by atoms with Crippen LogP contribution in [0.4, 0.5) is 0 Å². The number of fused-ring (bicyclic) bond motifs is 6. The quantitative estimate of drug-likeness (QED) is 0.205. The number of hydrogen-bond acceptors (Lipinski definition) is 0. The number of nitrogens with one attached hydrogen (secondary N) is 2. The molecule has 2 nitrogen and oxygen atoms in total. The van der Waals surface area contributed by atoms with Crippen molar-refractivity contribution in [1.82, 2.24) is 9.97 Å². The van der Waals surface area contributed by atoms with Gasteiger partial charge in [-0.2, -0.15) is 0 Å². The van der Waals surface area contributed by atoms with E-state index in [1.54, 1.807) is 0 Å². The molecule has 0 aliphatic carbocycles. The second kappa shape index (κ2) is 10.1. The van der Waals surface area contributed by atoms with Crippen molar-refractivity contribution in [2.45, 2.75) is 0 Å². The summed E-state index contributed by atoms with van der Waals surface area (Å²) < 4.78 is 0. The van der Waals surface area contributed by atoms with E-state index in [1.807, 2.05) is 0 Å². The Kier molecular flexibility index (Phi) is 5.82. The summed E-state index contributed by atoms with van der Waals surface area (Å²) in [6, 6.07) is 47.7. The Morgan fingerprint density at radius 3 is 1.12 bits per heavy atom. The predicted molar refractivity (Wildman–Crippen MR) is 181 cm³/mol. The lowest BCUT2D eigenvalue weighted by Crippen LogP contribution is -1.80. The van der Waals surface area contributed by atoms with Gasteiger partial charge in [0.15, 0.2) is 0 Å². The van der Waals surface area contributed by atoms with E-state index in [2.05, 4.69) is 168 Å². The Morgan fingerprint density at radius 1 is 0.310 bits per heavy atom. The van der Waals surface area contributed by atoms with Gasteiger partial charge >= 0.3 is 0 Å². The van der Waals surface area contributed by atoms with Crippen LogP contribution in [0, 0.1) is 0 Å². The first-order valence-electron chi connectivity index (χ1n) is 14.3. The highest BCUT2D eigenvalue weighted by Gasteiger charge is 2.05. The largest absolute Gasteiger partial charge is 0.355 e. The molecule has 2 heterocycles. The summed E-state index contributed by atoms with van der Waals surface area (Å²) in [7, 11) is 0. The van der Waals surface area contributed by atoms with Gasteiger partial charge in [-0.05, 0) is 69.8 Å². The maximum atomic E-state index is 3.50. The molecule has 2 heteroatoms. The molecule has 0 aliphatic rings. The van der Waals surface area contributed by atoms with Crippen LogP contribution in [0.25, 0.3) is 79.0 Å². The second-order valence-electron chi connectivity index (χ2n) is 10.9. The summed E-state index contributed by atoms with van der Waals surface area (Å²) in [5.74, 6) is 0. The van der Waals surface area contributed by atoms with E-state index in [4.69, 9.17) is 0 Å². The van der Waals surface area contributed by atoms with Crippen LogP contribution in [0.5, 0.6) is 0 Å². The average Bonchev–Trinajstić information content (AvgIpc) is 3.61. The molecule has 0 aliphatic heterocycles. The molecular formula is C40H28N2. The third-order valence-corrected chi connectivity index (χ3v) is 8.15. The highest BCUT2D eigenvalue weighted by Crippen LogP contribution is 2.28. The van der Waals surface area contributed by atoms with Gasteiger partial charge in [-0.1, -0.05) is 121 Å². The fraction of sp³-hybridized carbons (Fsp3) is 0. The number of benzene rings is 6. The third-order valence-electron chi connectivity index (χ3n) is 8.15. The average molecular weight is 537 g/mol. The normalized spacial score (nSPS) is 12.1. The summed E-state index contributed by atoms with van der Waals surface area (Å²) in [6.45, 7) is 0. The van der Waals surface area contributed by atoms with Crippen LogP contribution in [0.1, 0.15) is 22.3 Å². The molecule has 0 radical (unpaired) electrons. The minimum atomic E-state index is 1.17. The van der Waals surface area contributed by atoms with Crippen molar-refractivity contribution in [1.29, 1.82) is 0 Å². The molecule has 198 valence electrons. The van der Waals surface area contributed by atoms with E-state index >= 15 is 0 Å². The number of H-pyrrole nitrogens is 2. The minimum absolute atomic E-state index is 1.17. The summed E-state index contributed by atoms with van der Waals surface area (Å²) in [4.78, 5) is 7.00. The lowest BCUT2D eigenvalue weighted by atomic mass is 10.0. The smallest absolute Gasteiger partial charge is 0.0465 e. The van der Waals surface area contributed by atoms with E-state index in [0.29, 0.717) is 0 Å². The molecule has 8 rings (SSSR count). The zero-order valence-electron chi connectivity index (χ0n) is 23.0. The first-order chi connectivity index (χ1) is 20.8. The molecule has 0 amide bonds. The fourth-order valence-corrected chi connectivity index (χ4v) is 5.90. The van der Waals surface area contributed by atoms with Crippen LogP contribution in [0.2, 0.25) is 0 Å². The molecule has 0 fully saturated rings. The van der Waals surface area contributed by atoms with Gasteiger partial charge in [-0.25, -0.2) is 0 Å². The van der Waals surface area contributed by atoms with E-state index in [-0.39, 0.29) is 0 Å². The van der Waals surface area contributed by atoms with Gasteiger partial charge in [0.05, 0.1) is 0 Å². The molecular weight excluding hydrogens is 508 g/mol. The van der Waals surface area contributed by atoms with Crippen molar-refractivity contribution >= 4 is 67.9 Å². The van der Waals surface area contributed by atoms with E-state index in [0.717, 1.165) is 0 Å². The molecule has 0 atom stereocenters. The lowest BCUT2D eigenvalue weighted by molar-refractivity contribution is 1.54. The molecule has 42 heavy (non-hydrogen) atoms. The Bertz CT molecular complexity index is 2110. The molecule has 0 unspecified atom stereocenters. The maximum Gasteiger partial charge on any atom is 0.0465 e. The fourth-order valence-electron chi connectivity index (χ4n) is 5.90. The molecule has 0 spiro atoms. The zero-order chi connectivity index (χ0) is 27.9. The minimum Gasteiger partial charge on any atom is -0.355 e. The van der Waals surface area contributed by atoms with Crippen molar-refractivity contribution in [2.24, 2.45) is 0 Å². The number of hydrogen-bond donors (Lipinski definition) is 2. The number of para-hydroxylation sites is 2. The van der Waals surface area contributed by atoms with Crippen LogP contribution in [-0.4, -0.2) is 9.97 Å². The topological polar surface area (TPSA) is 31.6 Å². The van der Waals surface area contributed by atoms with Gasteiger partial charge in [0.25, 0.3) is 0 Å². The number of rotatable bonds is 5. The van der Waals surface area contributed by atoms with E-state index < -0.39 is 0 Å². The highest BCUT2D eigenvalue weighted by atomic mass is 14.7. The Morgan fingerprint density at radius 2 is 0.667 bits per heavy atom. The van der Waals surface area contributed by atoms with Crippen molar-refractivity contribution in [3.05, 3.63) is 156 Å². The summed E-state index contributed by atoms with van der Waals surface area (Å²) in [5, 5.41) is 5.05. The molecule has 0 saturated carbocycles. The summed E-state index contributed by atoms with van der Waals surface area (Å²) in [5.41, 5.74) is 11.9. The molecule has 0 bridgehead atoms. The molecule has 2 N–H and O–H groups in total. The molecule has 8 aromatic rings. The first-order valence-corrected chi connectivity index (χ1v) is 14.3. The Hall–Kier alpha value is -5.60. The lowest BCUT2D eigenvalue weighted by Gasteiger charge is -2.04. The Labute approximate surface area is 244 Å². The molecule has 2 aromatic heterocycles. The standard InChI is InChI=1S/C40H28N2/c1-3-7-37-33(5-1)35-25-29(17-23-39(35)41-37)11-9-27-13-19-31(20-14-27)32-21-15-28(16-22-32)10-12-30-18-24-40-36(26-30)34-6-2-4-8-38(34)42-40/h1-26,41-42H. The van der Waals surface area contributed by atoms with Gasteiger partial charge in [0, 0.05) is 43.6 Å².